The van der Waals surface area contributed by atoms with Crippen LogP contribution in [0.1, 0.15) is 6.92 Å². The number of rotatable bonds is 8. The van der Waals surface area contributed by atoms with Gasteiger partial charge < -0.3 is 19.6 Å². The summed E-state index contributed by atoms with van der Waals surface area (Å²) < 4.78 is 10.3. The molecule has 0 aliphatic rings. The highest BCUT2D eigenvalue weighted by atomic mass is 16.5. The lowest BCUT2D eigenvalue weighted by Crippen LogP contribution is -2.21. The van der Waals surface area contributed by atoms with Gasteiger partial charge in [-0.3, -0.25) is 0 Å². The second-order valence-electron chi connectivity index (χ2n) is 2.49. The molecule has 0 amide bonds. The molecule has 0 radical (unpaired) electrons. The fraction of sp³-hybridized carbons (Fsp3) is 0.875. The topological polar surface area (TPSA) is 47.6 Å². The van der Waals surface area contributed by atoms with Crippen LogP contribution in [0.25, 0.3) is 0 Å². The van der Waals surface area contributed by atoms with Crippen LogP contribution in [0, 0.1) is 0 Å². The van der Waals surface area contributed by atoms with Crippen LogP contribution >= 0.6 is 0 Å². The Hall–Kier alpha value is -0.450. The van der Waals surface area contributed by atoms with Gasteiger partial charge in [-0.1, -0.05) is 0 Å². The summed E-state index contributed by atoms with van der Waals surface area (Å²) in [6, 6.07) is 0. The molecular weight excluding hydrogens is 158 g/mol. The van der Waals surface area contributed by atoms with Crippen molar-refractivity contribution >= 4 is 6.29 Å². The van der Waals surface area contributed by atoms with Crippen molar-refractivity contribution in [3.8, 4) is 0 Å². The summed E-state index contributed by atoms with van der Waals surface area (Å²) in [7, 11) is 1.87. The number of hydrogen-bond donors (Lipinski definition) is 1. The number of hydrogen-bond acceptors (Lipinski definition) is 4. The molecule has 0 spiro atoms. The molecule has 0 fully saturated rings. The standard InChI is InChI=1S/C8H17NO3/c1-8(12-6-4-10)7-11-5-3-9-2/h4,8-9H,3,5-7H2,1-2H3. The van der Waals surface area contributed by atoms with E-state index in [9.17, 15) is 4.79 Å². The van der Waals surface area contributed by atoms with Crippen molar-refractivity contribution in [2.24, 2.45) is 0 Å². The van der Waals surface area contributed by atoms with Crippen molar-refractivity contribution in [3.63, 3.8) is 0 Å². The third-order valence-electron chi connectivity index (χ3n) is 1.30. The van der Waals surface area contributed by atoms with Crippen molar-refractivity contribution < 1.29 is 14.3 Å². The van der Waals surface area contributed by atoms with E-state index in [0.717, 1.165) is 12.8 Å². The first-order valence-corrected chi connectivity index (χ1v) is 4.08. The number of nitrogens with one attached hydrogen (secondary N) is 1. The number of aldehydes is 1. The smallest absolute Gasteiger partial charge is 0.145 e. The lowest BCUT2D eigenvalue weighted by molar-refractivity contribution is -0.114. The van der Waals surface area contributed by atoms with Crippen molar-refractivity contribution in [1.82, 2.24) is 5.32 Å². The molecule has 1 atom stereocenters. The van der Waals surface area contributed by atoms with Gasteiger partial charge in [0.05, 0.1) is 19.3 Å². The average Bonchev–Trinajstić information content (AvgIpc) is 2.09. The van der Waals surface area contributed by atoms with E-state index in [-0.39, 0.29) is 12.7 Å². The Kier molecular flexibility index (Phi) is 8.32. The van der Waals surface area contributed by atoms with Gasteiger partial charge in [0.2, 0.25) is 0 Å². The number of carbonyl (C=O) groups excluding carboxylic acids is 1. The molecule has 1 N–H and O–H groups in total. The fourth-order valence-corrected chi connectivity index (χ4v) is 0.675. The number of likely N-dealkylation sites (N-methyl/N-ethyl adjacent to an activating group) is 1. The molecular formula is C8H17NO3. The van der Waals surface area contributed by atoms with E-state index >= 15 is 0 Å². The van der Waals surface area contributed by atoms with Gasteiger partial charge in [-0.25, -0.2) is 0 Å². The Balaban J connectivity index is 3.07. The largest absolute Gasteiger partial charge is 0.377 e. The molecule has 0 saturated carbocycles. The highest BCUT2D eigenvalue weighted by Gasteiger charge is 2.00. The lowest BCUT2D eigenvalue weighted by atomic mass is 10.4. The van der Waals surface area contributed by atoms with E-state index in [1.807, 2.05) is 14.0 Å². The van der Waals surface area contributed by atoms with Gasteiger partial charge in [-0.15, -0.1) is 0 Å². The van der Waals surface area contributed by atoms with Gasteiger partial charge in [0.1, 0.15) is 12.9 Å². The normalized spacial score (nSPS) is 12.8. The van der Waals surface area contributed by atoms with Crippen LogP contribution in [0.5, 0.6) is 0 Å². The SMILES string of the molecule is CNCCOCC(C)OCC=O. The fourth-order valence-electron chi connectivity index (χ4n) is 0.675. The van der Waals surface area contributed by atoms with Gasteiger partial charge in [0, 0.05) is 6.54 Å². The average molecular weight is 175 g/mol. The molecule has 4 heteroatoms. The Bertz CT molecular complexity index is 108. The molecule has 0 rings (SSSR count). The van der Waals surface area contributed by atoms with E-state index in [1.165, 1.54) is 0 Å². The van der Waals surface area contributed by atoms with Crippen LogP contribution in [-0.4, -0.2) is 45.8 Å². The Labute approximate surface area is 73.2 Å². The minimum atomic E-state index is -0.00736. The zero-order valence-electron chi connectivity index (χ0n) is 7.71. The van der Waals surface area contributed by atoms with Crippen LogP contribution in [0.15, 0.2) is 0 Å². The zero-order valence-corrected chi connectivity index (χ0v) is 7.71. The molecule has 0 saturated heterocycles. The van der Waals surface area contributed by atoms with Crippen LogP contribution in [0.2, 0.25) is 0 Å². The highest BCUT2D eigenvalue weighted by Crippen LogP contribution is 1.89. The molecule has 0 aliphatic carbocycles. The van der Waals surface area contributed by atoms with Crippen molar-refractivity contribution in [2.75, 3.05) is 33.4 Å². The minimum absolute atomic E-state index is 0.00736. The summed E-state index contributed by atoms with van der Waals surface area (Å²) in [6.45, 7) is 4.07. The Morgan fingerprint density at radius 1 is 1.58 bits per heavy atom. The molecule has 0 aliphatic heterocycles. The molecule has 0 heterocycles. The summed E-state index contributed by atoms with van der Waals surface area (Å²) in [5.41, 5.74) is 0. The third-order valence-corrected chi connectivity index (χ3v) is 1.30. The van der Waals surface area contributed by atoms with E-state index < -0.39 is 0 Å². The first-order valence-electron chi connectivity index (χ1n) is 4.08. The second-order valence-corrected chi connectivity index (χ2v) is 2.49. The monoisotopic (exact) mass is 175 g/mol. The van der Waals surface area contributed by atoms with E-state index in [1.54, 1.807) is 0 Å². The molecule has 0 aromatic heterocycles. The molecule has 1 unspecified atom stereocenters. The van der Waals surface area contributed by atoms with Crippen molar-refractivity contribution in [1.29, 1.82) is 0 Å². The lowest BCUT2D eigenvalue weighted by Gasteiger charge is -2.10. The quantitative estimate of drug-likeness (QED) is 0.411. The van der Waals surface area contributed by atoms with Gasteiger partial charge in [-0.05, 0) is 14.0 Å². The van der Waals surface area contributed by atoms with Gasteiger partial charge >= 0.3 is 0 Å². The van der Waals surface area contributed by atoms with Crippen molar-refractivity contribution in [3.05, 3.63) is 0 Å². The first kappa shape index (κ1) is 11.6. The maximum Gasteiger partial charge on any atom is 0.145 e. The summed E-state index contributed by atoms with van der Waals surface area (Å²) >= 11 is 0. The zero-order chi connectivity index (χ0) is 9.23. The minimum Gasteiger partial charge on any atom is -0.377 e. The number of carbonyl (C=O) groups is 1. The van der Waals surface area contributed by atoms with Gasteiger partial charge in [-0.2, -0.15) is 0 Å². The van der Waals surface area contributed by atoms with E-state index in [4.69, 9.17) is 9.47 Å². The second kappa shape index (κ2) is 8.64. The molecule has 0 aromatic carbocycles. The molecule has 0 bridgehead atoms. The summed E-state index contributed by atoms with van der Waals surface area (Å²) in [4.78, 5) is 9.91. The van der Waals surface area contributed by atoms with E-state index in [2.05, 4.69) is 5.32 Å². The summed E-state index contributed by atoms with van der Waals surface area (Å²) in [5.74, 6) is 0. The molecule has 4 nitrogen and oxygen atoms in total. The maximum atomic E-state index is 9.91. The Morgan fingerprint density at radius 3 is 2.92 bits per heavy atom. The maximum absolute atomic E-state index is 9.91. The summed E-state index contributed by atoms with van der Waals surface area (Å²) in [5, 5.41) is 2.96. The van der Waals surface area contributed by atoms with Crippen LogP contribution in [0.3, 0.4) is 0 Å². The molecule has 72 valence electrons. The molecule has 0 aromatic rings. The van der Waals surface area contributed by atoms with Crippen LogP contribution in [0.4, 0.5) is 0 Å². The van der Waals surface area contributed by atoms with Crippen LogP contribution < -0.4 is 5.32 Å². The van der Waals surface area contributed by atoms with Gasteiger partial charge in [0.15, 0.2) is 0 Å². The Morgan fingerprint density at radius 2 is 2.33 bits per heavy atom. The molecule has 12 heavy (non-hydrogen) atoms. The highest BCUT2D eigenvalue weighted by molar-refractivity contribution is 5.50. The summed E-state index contributed by atoms with van der Waals surface area (Å²) in [6.07, 6.45) is 0.733. The van der Waals surface area contributed by atoms with E-state index in [0.29, 0.717) is 13.2 Å². The van der Waals surface area contributed by atoms with Crippen LogP contribution in [-0.2, 0) is 14.3 Å². The first-order chi connectivity index (χ1) is 5.81. The third kappa shape index (κ3) is 7.65. The number of ether oxygens (including phenoxy) is 2. The predicted molar refractivity (Wildman–Crippen MR) is 46.2 cm³/mol. The predicted octanol–water partition coefficient (Wildman–Crippen LogP) is -0.174. The van der Waals surface area contributed by atoms with Crippen molar-refractivity contribution in [2.45, 2.75) is 13.0 Å². The van der Waals surface area contributed by atoms with Gasteiger partial charge in [0.25, 0.3) is 0 Å².